The number of ether oxygens (including phenoxy) is 7. The van der Waals surface area contributed by atoms with Crippen LogP contribution in [0.3, 0.4) is 0 Å². The quantitative estimate of drug-likeness (QED) is 0.164. The van der Waals surface area contributed by atoms with Crippen LogP contribution in [0, 0.1) is 0 Å². The summed E-state index contributed by atoms with van der Waals surface area (Å²) in [4.78, 5) is 56.2. The highest BCUT2D eigenvalue weighted by Crippen LogP contribution is 2.38. The number of allylic oxidation sites excluding steroid dienone is 1. The Morgan fingerprint density at radius 2 is 1.57 bits per heavy atom. The first-order valence-electron chi connectivity index (χ1n) is 15.5. The van der Waals surface area contributed by atoms with Crippen molar-refractivity contribution in [2.24, 2.45) is 4.99 Å². The van der Waals surface area contributed by atoms with Crippen molar-refractivity contribution in [3.05, 3.63) is 76.9 Å². The van der Waals surface area contributed by atoms with Gasteiger partial charge in [0.25, 0.3) is 5.56 Å². The predicted molar refractivity (Wildman–Crippen MR) is 183 cm³/mol. The van der Waals surface area contributed by atoms with Gasteiger partial charge >= 0.3 is 17.9 Å². The first kappa shape index (κ1) is 37.2. The molecule has 0 spiro atoms. The number of esters is 3. The summed E-state index contributed by atoms with van der Waals surface area (Å²) in [5, 5.41) is 0. The van der Waals surface area contributed by atoms with Gasteiger partial charge in [-0.2, -0.15) is 0 Å². The normalized spacial score (nSPS) is 14.0. The summed E-state index contributed by atoms with van der Waals surface area (Å²) in [6, 6.07) is 7.47. The van der Waals surface area contributed by atoms with Gasteiger partial charge in [-0.1, -0.05) is 17.4 Å². The largest absolute Gasteiger partial charge is 0.490 e. The van der Waals surface area contributed by atoms with E-state index in [-0.39, 0.29) is 44.4 Å². The molecule has 0 amide bonds. The van der Waals surface area contributed by atoms with Gasteiger partial charge in [0.05, 0.1) is 59.9 Å². The van der Waals surface area contributed by atoms with Crippen LogP contribution in [0.5, 0.6) is 23.0 Å². The molecule has 4 rings (SSSR count). The fourth-order valence-electron chi connectivity index (χ4n) is 4.94. The Balaban J connectivity index is 1.85. The van der Waals surface area contributed by atoms with Gasteiger partial charge in [-0.05, 0) is 92.0 Å². The second kappa shape index (κ2) is 17.2. The summed E-state index contributed by atoms with van der Waals surface area (Å²) in [5.74, 6) is -0.444. The minimum Gasteiger partial charge on any atom is -0.490 e. The number of carbonyl (C=O) groups is 3. The summed E-state index contributed by atoms with van der Waals surface area (Å²) in [5.41, 5.74) is 1.32. The van der Waals surface area contributed by atoms with Gasteiger partial charge in [-0.3, -0.25) is 9.36 Å². The third kappa shape index (κ3) is 8.70. The lowest BCUT2D eigenvalue weighted by Crippen LogP contribution is -2.40. The molecule has 1 aromatic heterocycles. The standard InChI is InChI=1S/C34H37BrN2O11S/c1-7-43-24-16-21(11-12-23(24)47-17-27(38)42-6)30-29(33(41)46-10-4)19(5)36-34-37(30)32(40)26(49-34)15-20-13-22(35)31(25(14-20)44-8-2)48-18-28(39)45-9-3/h11-16,30H,7-10,17-18H2,1-6H3/b26-15-/t30-/m1/s1. The van der Waals surface area contributed by atoms with Gasteiger partial charge in [0.15, 0.2) is 41.0 Å². The smallest absolute Gasteiger partial charge is 0.344 e. The molecule has 0 fully saturated rings. The molecule has 1 aliphatic rings. The van der Waals surface area contributed by atoms with Crippen molar-refractivity contribution in [1.29, 1.82) is 0 Å². The van der Waals surface area contributed by atoms with E-state index in [2.05, 4.69) is 25.7 Å². The summed E-state index contributed by atoms with van der Waals surface area (Å²) >= 11 is 4.65. The lowest BCUT2D eigenvalue weighted by atomic mass is 9.95. The Kier molecular flexibility index (Phi) is 13.0. The minimum atomic E-state index is -0.921. The average molecular weight is 762 g/mol. The van der Waals surface area contributed by atoms with Crippen LogP contribution in [-0.2, 0) is 28.6 Å². The van der Waals surface area contributed by atoms with Crippen LogP contribution in [0.25, 0.3) is 6.08 Å². The van der Waals surface area contributed by atoms with Crippen molar-refractivity contribution in [2.45, 2.75) is 40.7 Å². The molecule has 1 atom stereocenters. The summed E-state index contributed by atoms with van der Waals surface area (Å²) < 4.78 is 40.3. The Hall–Kier alpha value is -4.63. The van der Waals surface area contributed by atoms with E-state index < -0.39 is 29.5 Å². The van der Waals surface area contributed by atoms with Crippen LogP contribution in [0.1, 0.15) is 51.8 Å². The first-order valence-corrected chi connectivity index (χ1v) is 17.1. The molecule has 49 heavy (non-hydrogen) atoms. The zero-order valence-electron chi connectivity index (χ0n) is 28.0. The Morgan fingerprint density at radius 3 is 2.24 bits per heavy atom. The highest BCUT2D eigenvalue weighted by molar-refractivity contribution is 9.10. The number of nitrogens with zero attached hydrogens (tertiary/aromatic N) is 2. The van der Waals surface area contributed by atoms with Crippen LogP contribution in [0.2, 0.25) is 0 Å². The third-order valence-corrected chi connectivity index (χ3v) is 8.51. The number of thiazole rings is 1. The monoisotopic (exact) mass is 760 g/mol. The van der Waals surface area contributed by atoms with Crippen molar-refractivity contribution in [1.82, 2.24) is 4.57 Å². The SMILES string of the molecule is CCOC(=O)COc1c(Br)cc(/C=c2\sc3n(c2=O)[C@H](c2ccc(OCC(=O)OC)c(OCC)c2)C(C(=O)OCC)=C(C)N=3)cc1OCC. The maximum atomic E-state index is 14.2. The number of aromatic nitrogens is 1. The molecule has 13 nitrogen and oxygen atoms in total. The highest BCUT2D eigenvalue weighted by atomic mass is 79.9. The zero-order chi connectivity index (χ0) is 35.7. The molecule has 0 bridgehead atoms. The topological polar surface area (TPSA) is 150 Å². The number of hydrogen-bond donors (Lipinski definition) is 0. The molecule has 15 heteroatoms. The van der Waals surface area contributed by atoms with Crippen molar-refractivity contribution in [2.75, 3.05) is 46.8 Å². The number of methoxy groups -OCH3 is 1. The second-order valence-electron chi connectivity index (χ2n) is 10.2. The predicted octanol–water partition coefficient (Wildman–Crippen LogP) is 3.85. The van der Waals surface area contributed by atoms with E-state index in [1.165, 1.54) is 11.7 Å². The molecule has 1 aliphatic heterocycles. The van der Waals surface area contributed by atoms with Gasteiger partial charge in [-0.15, -0.1) is 0 Å². The molecular weight excluding hydrogens is 724 g/mol. The Labute approximate surface area is 294 Å². The lowest BCUT2D eigenvalue weighted by Gasteiger charge is -2.25. The molecular formula is C34H37BrN2O11S. The fourth-order valence-corrected chi connectivity index (χ4v) is 6.56. The van der Waals surface area contributed by atoms with Gasteiger partial charge in [0, 0.05) is 0 Å². The van der Waals surface area contributed by atoms with E-state index in [9.17, 15) is 19.2 Å². The van der Waals surface area contributed by atoms with Crippen molar-refractivity contribution in [3.8, 4) is 23.0 Å². The number of benzene rings is 2. The summed E-state index contributed by atoms with van der Waals surface area (Å²) in [6.45, 7) is 9.00. The van der Waals surface area contributed by atoms with Crippen LogP contribution in [-0.4, -0.2) is 69.2 Å². The molecule has 2 aromatic carbocycles. The van der Waals surface area contributed by atoms with Gasteiger partial charge in [0.2, 0.25) is 0 Å². The van der Waals surface area contributed by atoms with E-state index in [0.717, 1.165) is 11.3 Å². The molecule has 0 aliphatic carbocycles. The molecule has 0 unspecified atom stereocenters. The Bertz CT molecular complexity index is 1930. The van der Waals surface area contributed by atoms with E-state index in [1.54, 1.807) is 64.1 Å². The maximum Gasteiger partial charge on any atom is 0.344 e. The second-order valence-corrected chi connectivity index (χ2v) is 12.0. The first-order chi connectivity index (χ1) is 23.6. The van der Waals surface area contributed by atoms with Crippen molar-refractivity contribution in [3.63, 3.8) is 0 Å². The van der Waals surface area contributed by atoms with Crippen molar-refractivity contribution < 1.29 is 47.5 Å². The van der Waals surface area contributed by atoms with Crippen LogP contribution in [0.15, 0.2) is 55.9 Å². The van der Waals surface area contributed by atoms with E-state index in [4.69, 9.17) is 28.4 Å². The molecule has 0 radical (unpaired) electrons. The van der Waals surface area contributed by atoms with Crippen LogP contribution in [0.4, 0.5) is 0 Å². The number of hydrogen-bond acceptors (Lipinski definition) is 13. The molecule has 262 valence electrons. The summed E-state index contributed by atoms with van der Waals surface area (Å²) in [7, 11) is 1.26. The number of halogens is 1. The van der Waals surface area contributed by atoms with Crippen molar-refractivity contribution >= 4 is 51.3 Å². The van der Waals surface area contributed by atoms with E-state index in [1.807, 2.05) is 6.92 Å². The Morgan fingerprint density at radius 1 is 0.878 bits per heavy atom. The maximum absolute atomic E-state index is 14.2. The van der Waals surface area contributed by atoms with E-state index >= 15 is 0 Å². The number of fused-ring (bicyclic) bond motifs is 1. The van der Waals surface area contributed by atoms with Crippen LogP contribution < -0.4 is 33.8 Å². The number of rotatable bonds is 15. The lowest BCUT2D eigenvalue weighted by molar-refractivity contribution is -0.145. The fraction of sp³-hybridized carbons (Fsp3) is 0.382. The average Bonchev–Trinajstić information content (AvgIpc) is 3.36. The molecule has 0 N–H and O–H groups in total. The van der Waals surface area contributed by atoms with Gasteiger partial charge in [-0.25, -0.2) is 19.4 Å². The molecule has 3 aromatic rings. The highest BCUT2D eigenvalue weighted by Gasteiger charge is 2.34. The van der Waals surface area contributed by atoms with Gasteiger partial charge in [0.1, 0.15) is 0 Å². The molecule has 2 heterocycles. The van der Waals surface area contributed by atoms with Crippen LogP contribution >= 0.6 is 27.3 Å². The summed E-state index contributed by atoms with van der Waals surface area (Å²) in [6.07, 6.45) is 1.68. The zero-order valence-corrected chi connectivity index (χ0v) is 30.4. The molecule has 0 saturated carbocycles. The third-order valence-electron chi connectivity index (χ3n) is 6.94. The van der Waals surface area contributed by atoms with E-state index in [0.29, 0.717) is 54.5 Å². The minimum absolute atomic E-state index is 0.119. The molecule has 0 saturated heterocycles. The van der Waals surface area contributed by atoms with Gasteiger partial charge < -0.3 is 33.2 Å². The number of carbonyl (C=O) groups excluding carboxylic acids is 3.